The van der Waals surface area contributed by atoms with Crippen LogP contribution in [0.5, 0.6) is 0 Å². The maximum Gasteiger partial charge on any atom is 0.251 e. The smallest absolute Gasteiger partial charge is 0.251 e. The fourth-order valence-corrected chi connectivity index (χ4v) is 6.16. The van der Waals surface area contributed by atoms with Crippen LogP contribution >= 0.6 is 0 Å². The van der Waals surface area contributed by atoms with Crippen LogP contribution in [0.25, 0.3) is 10.9 Å². The van der Waals surface area contributed by atoms with Crippen LogP contribution in [-0.2, 0) is 10.3 Å². The van der Waals surface area contributed by atoms with E-state index in [0.29, 0.717) is 23.4 Å². The van der Waals surface area contributed by atoms with E-state index in [1.54, 1.807) is 6.20 Å². The van der Waals surface area contributed by atoms with Crippen LogP contribution in [0.1, 0.15) is 27.4 Å². The highest BCUT2D eigenvalue weighted by molar-refractivity contribution is 6.18. The SMILES string of the molecule is CN1CC(c2ccccc2)C(C#N)(C(=O)c2c[nH]c3ccccc23)[C@]12C(=O)Nc1ccccc12. The summed E-state index contributed by atoms with van der Waals surface area (Å²) in [5.41, 5.74) is 0.240. The molecule has 2 aliphatic rings. The Hall–Kier alpha value is -4.21. The number of nitriles is 1. The Balaban J connectivity index is 1.69. The molecule has 1 saturated heterocycles. The summed E-state index contributed by atoms with van der Waals surface area (Å²) >= 11 is 0. The van der Waals surface area contributed by atoms with Gasteiger partial charge in [-0.3, -0.25) is 14.5 Å². The van der Waals surface area contributed by atoms with Crippen molar-refractivity contribution in [2.24, 2.45) is 5.41 Å². The molecule has 2 unspecified atom stereocenters. The lowest BCUT2D eigenvalue weighted by Crippen LogP contribution is -2.58. The standard InChI is InChI=1S/C28H22N4O2/c1-32-16-22(18-9-3-2-4-10-18)27(17-29,25(33)20-15-30-23-13-7-5-11-19(20)23)28(32)21-12-6-8-14-24(21)31-26(28)34/h2-15,22,30H,16H2,1H3,(H,31,34)/t22?,27?,28-/m0/s1. The molecule has 1 amide bonds. The topological polar surface area (TPSA) is 89.0 Å². The van der Waals surface area contributed by atoms with E-state index in [2.05, 4.69) is 16.4 Å². The number of aromatic nitrogens is 1. The molecular weight excluding hydrogens is 424 g/mol. The molecule has 0 radical (unpaired) electrons. The number of hydrogen-bond acceptors (Lipinski definition) is 4. The molecule has 1 spiro atoms. The highest BCUT2D eigenvalue weighted by Gasteiger charge is 2.74. The van der Waals surface area contributed by atoms with Gasteiger partial charge in [0.2, 0.25) is 0 Å². The molecule has 6 nitrogen and oxygen atoms in total. The Bertz CT molecular complexity index is 1500. The number of nitrogens with zero attached hydrogens (tertiary/aromatic N) is 2. The summed E-state index contributed by atoms with van der Waals surface area (Å²) in [6.45, 7) is 0.382. The number of carbonyl (C=O) groups is 2. The third-order valence-corrected chi connectivity index (χ3v) is 7.59. The second-order valence-electron chi connectivity index (χ2n) is 9.05. The van der Waals surface area contributed by atoms with Crippen LogP contribution in [0.4, 0.5) is 5.69 Å². The van der Waals surface area contributed by atoms with E-state index < -0.39 is 16.9 Å². The van der Waals surface area contributed by atoms with Crippen LogP contribution in [0.2, 0.25) is 0 Å². The number of nitrogens with one attached hydrogen (secondary N) is 2. The van der Waals surface area contributed by atoms with Crippen molar-refractivity contribution in [2.45, 2.75) is 11.5 Å². The molecule has 34 heavy (non-hydrogen) atoms. The van der Waals surface area contributed by atoms with Gasteiger partial charge in [-0.25, -0.2) is 0 Å². The van der Waals surface area contributed by atoms with Gasteiger partial charge in [0.25, 0.3) is 5.91 Å². The molecule has 4 aromatic rings. The minimum absolute atomic E-state index is 0.343. The molecule has 3 heterocycles. The second kappa shape index (κ2) is 7.14. The van der Waals surface area contributed by atoms with E-state index in [-0.39, 0.29) is 11.7 Å². The molecular formula is C28H22N4O2. The maximum atomic E-state index is 14.7. The number of amides is 1. The van der Waals surface area contributed by atoms with Crippen molar-refractivity contribution in [3.63, 3.8) is 0 Å². The van der Waals surface area contributed by atoms with E-state index in [1.807, 2.05) is 90.8 Å². The lowest BCUT2D eigenvalue weighted by molar-refractivity contribution is -0.128. The number of anilines is 1. The van der Waals surface area contributed by atoms with E-state index in [1.165, 1.54) is 0 Å². The normalized spacial score (nSPS) is 25.9. The molecule has 2 N–H and O–H groups in total. The Labute approximate surface area is 196 Å². The second-order valence-corrected chi connectivity index (χ2v) is 9.05. The number of fused-ring (bicyclic) bond motifs is 3. The zero-order valence-electron chi connectivity index (χ0n) is 18.6. The first-order chi connectivity index (χ1) is 16.6. The average molecular weight is 447 g/mol. The molecule has 3 aromatic carbocycles. The van der Waals surface area contributed by atoms with Crippen LogP contribution in [0.3, 0.4) is 0 Å². The Morgan fingerprint density at radius 3 is 2.53 bits per heavy atom. The molecule has 1 fully saturated rings. The summed E-state index contributed by atoms with van der Waals surface area (Å²) in [4.78, 5) is 33.6. The van der Waals surface area contributed by atoms with Crippen molar-refractivity contribution in [3.05, 3.63) is 102 Å². The summed E-state index contributed by atoms with van der Waals surface area (Å²) in [5, 5.41) is 14.7. The van der Waals surface area contributed by atoms with Gasteiger partial charge in [-0.1, -0.05) is 66.7 Å². The van der Waals surface area contributed by atoms with Gasteiger partial charge < -0.3 is 10.3 Å². The number of likely N-dealkylation sites (tertiary alicyclic amines) is 1. The minimum Gasteiger partial charge on any atom is -0.360 e. The number of hydrogen-bond donors (Lipinski definition) is 2. The van der Waals surface area contributed by atoms with E-state index >= 15 is 0 Å². The molecule has 0 bridgehead atoms. The zero-order valence-corrected chi connectivity index (χ0v) is 18.6. The Morgan fingerprint density at radius 1 is 1.03 bits per heavy atom. The Kier molecular flexibility index (Phi) is 4.29. The van der Waals surface area contributed by atoms with Crippen molar-refractivity contribution in [2.75, 3.05) is 18.9 Å². The number of ketones is 1. The summed E-state index contributed by atoms with van der Waals surface area (Å²) in [6, 6.07) is 26.9. The number of aromatic amines is 1. The number of likely N-dealkylation sites (N-methyl/N-ethyl adjacent to an activating group) is 1. The van der Waals surface area contributed by atoms with E-state index in [0.717, 1.165) is 16.5 Å². The predicted octanol–water partition coefficient (Wildman–Crippen LogP) is 4.44. The third-order valence-electron chi connectivity index (χ3n) is 7.59. The number of Topliss-reactive ketones (excluding diaryl/α,β-unsaturated/α-hetero) is 1. The fourth-order valence-electron chi connectivity index (χ4n) is 6.16. The molecule has 166 valence electrons. The van der Waals surface area contributed by atoms with Gasteiger partial charge >= 0.3 is 0 Å². The number of para-hydroxylation sites is 2. The van der Waals surface area contributed by atoms with Gasteiger partial charge in [0.1, 0.15) is 0 Å². The van der Waals surface area contributed by atoms with E-state index in [9.17, 15) is 14.9 Å². The van der Waals surface area contributed by atoms with Crippen molar-refractivity contribution in [3.8, 4) is 6.07 Å². The molecule has 1 aromatic heterocycles. The molecule has 6 rings (SSSR count). The van der Waals surface area contributed by atoms with Crippen molar-refractivity contribution < 1.29 is 9.59 Å². The lowest BCUT2D eigenvalue weighted by atomic mass is 9.58. The Morgan fingerprint density at radius 2 is 1.74 bits per heavy atom. The van der Waals surface area contributed by atoms with Gasteiger partial charge in [-0.2, -0.15) is 5.26 Å². The first-order valence-electron chi connectivity index (χ1n) is 11.2. The van der Waals surface area contributed by atoms with Gasteiger partial charge in [0, 0.05) is 46.4 Å². The van der Waals surface area contributed by atoms with Crippen LogP contribution in [-0.4, -0.2) is 35.2 Å². The number of H-pyrrole nitrogens is 1. The maximum absolute atomic E-state index is 14.7. The number of carbonyl (C=O) groups excluding carboxylic acids is 2. The lowest BCUT2D eigenvalue weighted by Gasteiger charge is -2.41. The largest absolute Gasteiger partial charge is 0.360 e. The monoisotopic (exact) mass is 446 g/mol. The molecule has 6 heteroatoms. The molecule has 2 aliphatic heterocycles. The number of rotatable bonds is 3. The van der Waals surface area contributed by atoms with Gasteiger partial charge in [0.05, 0.1) is 6.07 Å². The van der Waals surface area contributed by atoms with Crippen molar-refractivity contribution in [1.29, 1.82) is 5.26 Å². The summed E-state index contributed by atoms with van der Waals surface area (Å²) in [6.07, 6.45) is 1.67. The number of benzene rings is 3. The predicted molar refractivity (Wildman–Crippen MR) is 129 cm³/mol. The minimum atomic E-state index is -1.69. The quantitative estimate of drug-likeness (QED) is 0.456. The van der Waals surface area contributed by atoms with Gasteiger partial charge in [-0.15, -0.1) is 0 Å². The zero-order chi connectivity index (χ0) is 23.5. The average Bonchev–Trinajstić information content (AvgIpc) is 3.51. The van der Waals surface area contributed by atoms with E-state index in [4.69, 9.17) is 0 Å². The van der Waals surface area contributed by atoms with Crippen molar-refractivity contribution in [1.82, 2.24) is 9.88 Å². The summed E-state index contributed by atoms with van der Waals surface area (Å²) < 4.78 is 0. The fraction of sp³-hybridized carbons (Fsp3) is 0.179. The summed E-state index contributed by atoms with van der Waals surface area (Å²) in [7, 11) is 1.83. The summed E-state index contributed by atoms with van der Waals surface area (Å²) in [5.74, 6) is -1.20. The van der Waals surface area contributed by atoms with Crippen LogP contribution < -0.4 is 5.32 Å². The molecule has 3 atom stereocenters. The highest BCUT2D eigenvalue weighted by Crippen LogP contribution is 2.63. The van der Waals surface area contributed by atoms with Gasteiger partial charge in [-0.05, 0) is 24.7 Å². The molecule has 0 aliphatic carbocycles. The first kappa shape index (κ1) is 20.4. The van der Waals surface area contributed by atoms with Crippen LogP contribution in [0, 0.1) is 16.7 Å². The third kappa shape index (κ3) is 2.32. The molecule has 0 saturated carbocycles. The van der Waals surface area contributed by atoms with Gasteiger partial charge in [0.15, 0.2) is 16.7 Å². The first-order valence-corrected chi connectivity index (χ1v) is 11.2. The van der Waals surface area contributed by atoms with Crippen LogP contribution in [0.15, 0.2) is 85.1 Å². The highest BCUT2D eigenvalue weighted by atomic mass is 16.2. The van der Waals surface area contributed by atoms with Crippen molar-refractivity contribution >= 4 is 28.3 Å².